The molecule has 1 aromatic rings. The molecule has 0 amide bonds. The molecule has 3 nitrogen and oxygen atoms in total. The second-order valence-corrected chi connectivity index (χ2v) is 5.40. The first-order chi connectivity index (χ1) is 10.1. The summed E-state index contributed by atoms with van der Waals surface area (Å²) in [5.41, 5.74) is 2.94. The number of halogens is 1. The Morgan fingerprint density at radius 2 is 2.10 bits per heavy atom. The van der Waals surface area contributed by atoms with Crippen molar-refractivity contribution in [3.05, 3.63) is 58.2 Å². The lowest BCUT2D eigenvalue weighted by molar-refractivity contribution is -0.116. The number of ketones is 1. The summed E-state index contributed by atoms with van der Waals surface area (Å²) >= 11 is 0. The van der Waals surface area contributed by atoms with Crippen molar-refractivity contribution < 1.29 is 9.18 Å². The molecule has 0 aromatic heterocycles. The Hall–Kier alpha value is -2.41. The van der Waals surface area contributed by atoms with Crippen LogP contribution in [0.5, 0.6) is 0 Å². The maximum Gasteiger partial charge on any atom is 0.161 e. The van der Waals surface area contributed by atoms with E-state index in [1.165, 1.54) is 6.07 Å². The number of allylic oxidation sites excluding steroid dienone is 4. The van der Waals surface area contributed by atoms with Crippen LogP contribution in [0.1, 0.15) is 37.7 Å². The summed E-state index contributed by atoms with van der Waals surface area (Å²) < 4.78 is 14.2. The van der Waals surface area contributed by atoms with E-state index < -0.39 is 5.92 Å². The number of carbonyl (C=O) groups excluding carboxylic acids is 1. The summed E-state index contributed by atoms with van der Waals surface area (Å²) in [6.07, 6.45) is 2.02. The fraction of sp³-hybridized carbons (Fsp3) is 0.294. The highest BCUT2D eigenvalue weighted by Crippen LogP contribution is 2.42. The van der Waals surface area contributed by atoms with Gasteiger partial charge in [-0.2, -0.15) is 5.26 Å². The van der Waals surface area contributed by atoms with E-state index in [2.05, 4.69) is 11.4 Å². The minimum atomic E-state index is -0.583. The lowest BCUT2D eigenvalue weighted by Gasteiger charge is -2.32. The summed E-state index contributed by atoms with van der Waals surface area (Å²) in [5, 5.41) is 12.6. The summed E-state index contributed by atoms with van der Waals surface area (Å²) in [5.74, 6) is -0.951. The fourth-order valence-corrected chi connectivity index (χ4v) is 3.15. The molecular formula is C17H15FN2O. The standard InChI is InChI=1S/C17H15FN2O/c1-10-12(9-19)16(11-5-2-3-6-13(11)18)17-14(20-10)7-4-8-15(17)21/h2-3,5-6,16,20H,4,7-8H2,1H3/t16-/m0/s1. The molecule has 0 fully saturated rings. The summed E-state index contributed by atoms with van der Waals surface area (Å²) in [6, 6.07) is 8.52. The van der Waals surface area contributed by atoms with Crippen LogP contribution in [0.25, 0.3) is 0 Å². The van der Waals surface area contributed by atoms with Gasteiger partial charge >= 0.3 is 0 Å². The Labute approximate surface area is 122 Å². The highest BCUT2D eigenvalue weighted by Gasteiger charge is 2.36. The molecular weight excluding hydrogens is 267 g/mol. The van der Waals surface area contributed by atoms with Gasteiger partial charge in [-0.05, 0) is 25.8 Å². The fourth-order valence-electron chi connectivity index (χ4n) is 3.15. The monoisotopic (exact) mass is 282 g/mol. The van der Waals surface area contributed by atoms with Gasteiger partial charge in [0.1, 0.15) is 5.82 Å². The quantitative estimate of drug-likeness (QED) is 0.859. The van der Waals surface area contributed by atoms with Crippen LogP contribution in [0, 0.1) is 17.1 Å². The van der Waals surface area contributed by atoms with Crippen molar-refractivity contribution in [3.8, 4) is 6.07 Å². The van der Waals surface area contributed by atoms with Crippen LogP contribution in [0.2, 0.25) is 0 Å². The molecule has 1 aliphatic carbocycles. The Kier molecular flexibility index (Phi) is 3.34. The van der Waals surface area contributed by atoms with E-state index in [0.29, 0.717) is 28.8 Å². The molecule has 4 heteroatoms. The van der Waals surface area contributed by atoms with Gasteiger partial charge in [0.25, 0.3) is 0 Å². The Morgan fingerprint density at radius 1 is 1.33 bits per heavy atom. The predicted molar refractivity (Wildman–Crippen MR) is 76.5 cm³/mol. The van der Waals surface area contributed by atoms with E-state index in [-0.39, 0.29) is 11.6 Å². The molecule has 0 radical (unpaired) electrons. The minimum absolute atomic E-state index is 0.0113. The second-order valence-electron chi connectivity index (χ2n) is 5.40. The Bertz CT molecular complexity index is 725. The molecule has 0 saturated carbocycles. The van der Waals surface area contributed by atoms with Gasteiger partial charge in [0.15, 0.2) is 5.78 Å². The lowest BCUT2D eigenvalue weighted by Crippen LogP contribution is -2.31. The first-order valence-corrected chi connectivity index (χ1v) is 7.02. The summed E-state index contributed by atoms with van der Waals surface area (Å²) in [6.45, 7) is 1.80. The number of carbonyl (C=O) groups is 1. The zero-order valence-corrected chi connectivity index (χ0v) is 11.7. The van der Waals surface area contributed by atoms with Gasteiger partial charge in [-0.1, -0.05) is 18.2 Å². The largest absolute Gasteiger partial charge is 0.361 e. The molecule has 1 aromatic carbocycles. The zero-order chi connectivity index (χ0) is 15.0. The normalized spacial score (nSPS) is 21.8. The first kappa shape index (κ1) is 13.6. The topological polar surface area (TPSA) is 52.9 Å². The third-order valence-corrected chi connectivity index (χ3v) is 4.11. The van der Waals surface area contributed by atoms with Gasteiger partial charge in [0.05, 0.1) is 17.6 Å². The second kappa shape index (κ2) is 5.17. The molecule has 1 atom stereocenters. The summed E-state index contributed by atoms with van der Waals surface area (Å²) in [4.78, 5) is 12.3. The number of hydrogen-bond donors (Lipinski definition) is 1. The van der Waals surface area contributed by atoms with E-state index >= 15 is 0 Å². The van der Waals surface area contributed by atoms with Gasteiger partial charge in [0, 0.05) is 29.0 Å². The first-order valence-electron chi connectivity index (χ1n) is 7.02. The summed E-state index contributed by atoms with van der Waals surface area (Å²) in [7, 11) is 0. The molecule has 21 heavy (non-hydrogen) atoms. The molecule has 0 spiro atoms. The van der Waals surface area contributed by atoms with Gasteiger partial charge < -0.3 is 5.32 Å². The van der Waals surface area contributed by atoms with Crippen molar-refractivity contribution in [1.82, 2.24) is 5.32 Å². The van der Waals surface area contributed by atoms with E-state index in [4.69, 9.17) is 0 Å². The number of hydrogen-bond acceptors (Lipinski definition) is 3. The van der Waals surface area contributed by atoms with E-state index in [0.717, 1.165) is 18.5 Å². The highest BCUT2D eigenvalue weighted by atomic mass is 19.1. The van der Waals surface area contributed by atoms with Crippen LogP contribution in [0.15, 0.2) is 46.8 Å². The highest BCUT2D eigenvalue weighted by molar-refractivity contribution is 5.99. The molecule has 0 unspecified atom stereocenters. The molecule has 1 N–H and O–H groups in total. The molecule has 1 aliphatic heterocycles. The smallest absolute Gasteiger partial charge is 0.161 e. The molecule has 3 rings (SSSR count). The number of benzene rings is 1. The van der Waals surface area contributed by atoms with Crippen molar-refractivity contribution in [2.45, 2.75) is 32.1 Å². The molecule has 0 saturated heterocycles. The molecule has 0 bridgehead atoms. The van der Waals surface area contributed by atoms with Crippen LogP contribution in [-0.4, -0.2) is 5.78 Å². The third-order valence-electron chi connectivity index (χ3n) is 4.11. The number of rotatable bonds is 1. The van der Waals surface area contributed by atoms with E-state index in [1.807, 2.05) is 0 Å². The number of nitrogens with one attached hydrogen (secondary N) is 1. The Balaban J connectivity index is 2.23. The van der Waals surface area contributed by atoms with E-state index in [1.54, 1.807) is 25.1 Å². The van der Waals surface area contributed by atoms with Crippen molar-refractivity contribution >= 4 is 5.78 Å². The maximum atomic E-state index is 14.2. The van der Waals surface area contributed by atoms with Crippen molar-refractivity contribution in [2.75, 3.05) is 0 Å². The Morgan fingerprint density at radius 3 is 2.81 bits per heavy atom. The lowest BCUT2D eigenvalue weighted by atomic mass is 9.75. The van der Waals surface area contributed by atoms with Crippen LogP contribution >= 0.6 is 0 Å². The number of Topliss-reactive ketones (excluding diaryl/α,β-unsaturated/α-hetero) is 1. The van der Waals surface area contributed by atoms with Gasteiger partial charge in [-0.3, -0.25) is 4.79 Å². The SMILES string of the molecule is CC1=C(C#N)[C@H](c2ccccc2F)C2=C(CCCC2=O)N1. The third kappa shape index (κ3) is 2.15. The molecule has 106 valence electrons. The molecule has 2 aliphatic rings. The van der Waals surface area contributed by atoms with Crippen LogP contribution < -0.4 is 5.32 Å². The van der Waals surface area contributed by atoms with Crippen molar-refractivity contribution in [2.24, 2.45) is 0 Å². The molecule has 1 heterocycles. The average Bonchev–Trinajstić information content (AvgIpc) is 2.47. The minimum Gasteiger partial charge on any atom is -0.361 e. The number of dihydropyridines is 1. The average molecular weight is 282 g/mol. The van der Waals surface area contributed by atoms with Crippen LogP contribution in [0.4, 0.5) is 4.39 Å². The predicted octanol–water partition coefficient (Wildman–Crippen LogP) is 3.32. The number of nitrogens with zero attached hydrogens (tertiary/aromatic N) is 1. The van der Waals surface area contributed by atoms with Crippen LogP contribution in [0.3, 0.4) is 0 Å². The van der Waals surface area contributed by atoms with Gasteiger partial charge in [0.2, 0.25) is 0 Å². The maximum absolute atomic E-state index is 14.2. The van der Waals surface area contributed by atoms with Crippen LogP contribution in [-0.2, 0) is 4.79 Å². The van der Waals surface area contributed by atoms with Gasteiger partial charge in [-0.25, -0.2) is 4.39 Å². The van der Waals surface area contributed by atoms with Crippen molar-refractivity contribution in [3.63, 3.8) is 0 Å². The van der Waals surface area contributed by atoms with Gasteiger partial charge in [-0.15, -0.1) is 0 Å². The van der Waals surface area contributed by atoms with Crippen molar-refractivity contribution in [1.29, 1.82) is 5.26 Å². The zero-order valence-electron chi connectivity index (χ0n) is 11.7. The number of nitriles is 1. The van der Waals surface area contributed by atoms with E-state index in [9.17, 15) is 14.4 Å².